The Balaban J connectivity index is 1.47. The molecule has 0 radical (unpaired) electrons. The van der Waals surface area contributed by atoms with Gasteiger partial charge in [0.15, 0.2) is 11.5 Å². The van der Waals surface area contributed by atoms with Gasteiger partial charge in [0.05, 0.1) is 6.04 Å². The molecule has 0 bridgehead atoms. The molecular weight excluding hydrogens is 462 g/mol. The Morgan fingerprint density at radius 2 is 1.72 bits per heavy atom. The first-order valence-corrected chi connectivity index (χ1v) is 13.3. The average molecular weight is 500 g/mol. The number of rotatable bonds is 10. The molecule has 1 aromatic rings. The Hall–Kier alpha value is -3.10. The highest BCUT2D eigenvalue weighted by Crippen LogP contribution is 2.34. The van der Waals surface area contributed by atoms with E-state index in [1.54, 1.807) is 18.2 Å². The van der Waals surface area contributed by atoms with Crippen molar-refractivity contribution in [2.24, 2.45) is 0 Å². The van der Waals surface area contributed by atoms with Crippen LogP contribution in [0.5, 0.6) is 11.5 Å². The third kappa shape index (κ3) is 5.99. The number of Topliss-reactive ketones (excluding diaryl/α,β-unsaturated/α-hetero) is 1. The van der Waals surface area contributed by atoms with Gasteiger partial charge in [-0.15, -0.1) is 0 Å². The van der Waals surface area contributed by atoms with E-state index in [0.29, 0.717) is 42.7 Å². The minimum Gasteiger partial charge on any atom is -0.454 e. The van der Waals surface area contributed by atoms with E-state index in [-0.39, 0.29) is 18.7 Å². The second kappa shape index (κ2) is 11.8. The van der Waals surface area contributed by atoms with Gasteiger partial charge in [-0.05, 0) is 50.3 Å². The van der Waals surface area contributed by atoms with Gasteiger partial charge in [0.25, 0.3) is 11.8 Å². The van der Waals surface area contributed by atoms with Crippen LogP contribution >= 0.6 is 0 Å². The van der Waals surface area contributed by atoms with Crippen LogP contribution in [0.4, 0.5) is 0 Å². The van der Waals surface area contributed by atoms with Gasteiger partial charge < -0.3 is 25.4 Å². The number of carbonyl (C=O) groups is 4. The van der Waals surface area contributed by atoms with E-state index in [1.165, 1.54) is 0 Å². The normalized spacial score (nSPS) is 19.4. The number of ether oxygens (including phenoxy) is 2. The standard InChI is InChI=1S/C27H37N3O6/c1-2-3-11-20(23(31)25(33)28-19-9-5-6-10-19)29-26(34)27(14-7-4-8-15-27)30-24(32)18-12-13-21-22(16-18)36-17-35-21/h12-13,16,19-20H,2-11,14-15,17H2,1H3,(H,28,33)(H,29,34)(H,30,32)/t20-/m0/s1. The monoisotopic (exact) mass is 499 g/mol. The van der Waals surface area contributed by atoms with Crippen LogP contribution in [-0.2, 0) is 14.4 Å². The summed E-state index contributed by atoms with van der Waals surface area (Å²) >= 11 is 0. The van der Waals surface area contributed by atoms with Crippen molar-refractivity contribution in [1.82, 2.24) is 16.0 Å². The van der Waals surface area contributed by atoms with Gasteiger partial charge in [-0.25, -0.2) is 0 Å². The number of hydrogen-bond acceptors (Lipinski definition) is 6. The summed E-state index contributed by atoms with van der Waals surface area (Å²) in [5.41, 5.74) is -0.773. The van der Waals surface area contributed by atoms with Crippen molar-refractivity contribution < 1.29 is 28.7 Å². The first-order chi connectivity index (χ1) is 17.4. The second-order valence-corrected chi connectivity index (χ2v) is 10.2. The zero-order valence-corrected chi connectivity index (χ0v) is 21.0. The molecule has 0 saturated heterocycles. The molecule has 1 heterocycles. The van der Waals surface area contributed by atoms with Crippen molar-refractivity contribution in [3.63, 3.8) is 0 Å². The second-order valence-electron chi connectivity index (χ2n) is 10.2. The number of hydrogen-bond donors (Lipinski definition) is 3. The molecule has 3 N–H and O–H groups in total. The lowest BCUT2D eigenvalue weighted by Gasteiger charge is -2.37. The lowest BCUT2D eigenvalue weighted by Crippen LogP contribution is -2.62. The fourth-order valence-corrected chi connectivity index (χ4v) is 5.35. The lowest BCUT2D eigenvalue weighted by atomic mass is 9.80. The molecule has 1 aliphatic heterocycles. The summed E-state index contributed by atoms with van der Waals surface area (Å²) in [5, 5.41) is 8.67. The third-order valence-corrected chi connectivity index (χ3v) is 7.51. The summed E-state index contributed by atoms with van der Waals surface area (Å²) in [4.78, 5) is 52.6. The van der Waals surface area contributed by atoms with Crippen molar-refractivity contribution in [1.29, 1.82) is 0 Å². The maximum absolute atomic E-state index is 13.7. The van der Waals surface area contributed by atoms with Gasteiger partial charge in [0.2, 0.25) is 18.5 Å². The van der Waals surface area contributed by atoms with Gasteiger partial charge in [-0.2, -0.15) is 0 Å². The molecule has 0 unspecified atom stereocenters. The highest BCUT2D eigenvalue weighted by atomic mass is 16.7. The van der Waals surface area contributed by atoms with Crippen molar-refractivity contribution >= 4 is 23.5 Å². The molecule has 9 nitrogen and oxygen atoms in total. The van der Waals surface area contributed by atoms with Crippen LogP contribution in [0.1, 0.15) is 94.3 Å². The van der Waals surface area contributed by atoms with Gasteiger partial charge >= 0.3 is 0 Å². The van der Waals surface area contributed by atoms with E-state index >= 15 is 0 Å². The number of carbonyl (C=O) groups excluding carboxylic acids is 4. The molecule has 36 heavy (non-hydrogen) atoms. The molecule has 3 aliphatic rings. The van der Waals surface area contributed by atoms with Gasteiger partial charge in [-0.3, -0.25) is 19.2 Å². The summed E-state index contributed by atoms with van der Waals surface area (Å²) < 4.78 is 10.7. The Morgan fingerprint density at radius 1 is 1.00 bits per heavy atom. The highest BCUT2D eigenvalue weighted by Gasteiger charge is 2.43. The molecule has 3 amide bonds. The van der Waals surface area contributed by atoms with E-state index < -0.39 is 29.2 Å². The van der Waals surface area contributed by atoms with Crippen LogP contribution < -0.4 is 25.4 Å². The van der Waals surface area contributed by atoms with Crippen LogP contribution in [0.3, 0.4) is 0 Å². The average Bonchev–Trinajstić information content (AvgIpc) is 3.58. The molecule has 0 spiro atoms. The predicted molar refractivity (Wildman–Crippen MR) is 133 cm³/mol. The number of nitrogens with one attached hydrogen (secondary N) is 3. The Kier molecular flexibility index (Phi) is 8.48. The van der Waals surface area contributed by atoms with Gasteiger partial charge in [0.1, 0.15) is 5.54 Å². The molecule has 196 valence electrons. The van der Waals surface area contributed by atoms with Gasteiger partial charge in [0, 0.05) is 11.6 Å². The van der Waals surface area contributed by atoms with Crippen molar-refractivity contribution in [3.8, 4) is 11.5 Å². The van der Waals surface area contributed by atoms with E-state index in [1.807, 2.05) is 6.92 Å². The Bertz CT molecular complexity index is 982. The molecule has 2 aliphatic carbocycles. The molecule has 4 rings (SSSR count). The van der Waals surface area contributed by atoms with Crippen molar-refractivity contribution in [3.05, 3.63) is 23.8 Å². The van der Waals surface area contributed by atoms with E-state index in [2.05, 4.69) is 16.0 Å². The zero-order valence-electron chi connectivity index (χ0n) is 21.0. The molecule has 1 atom stereocenters. The van der Waals surface area contributed by atoms with Crippen LogP contribution in [0, 0.1) is 0 Å². The largest absolute Gasteiger partial charge is 0.454 e. The molecule has 0 aromatic heterocycles. The summed E-state index contributed by atoms with van der Waals surface area (Å²) in [6.45, 7) is 2.10. The predicted octanol–water partition coefficient (Wildman–Crippen LogP) is 3.15. The summed E-state index contributed by atoms with van der Waals surface area (Å²) in [6.07, 6.45) is 9.22. The van der Waals surface area contributed by atoms with Gasteiger partial charge in [-0.1, -0.05) is 51.9 Å². The topological polar surface area (TPSA) is 123 Å². The maximum atomic E-state index is 13.7. The first kappa shape index (κ1) is 26.0. The fraction of sp³-hybridized carbons (Fsp3) is 0.630. The zero-order chi connectivity index (χ0) is 25.5. The van der Waals surface area contributed by atoms with Crippen LogP contribution in [0.25, 0.3) is 0 Å². The van der Waals surface area contributed by atoms with Crippen LogP contribution in [-0.4, -0.2) is 47.9 Å². The van der Waals surface area contributed by atoms with Crippen molar-refractivity contribution in [2.75, 3.05) is 6.79 Å². The summed E-state index contributed by atoms with van der Waals surface area (Å²) in [7, 11) is 0. The molecule has 2 saturated carbocycles. The van der Waals surface area contributed by atoms with Crippen LogP contribution in [0.15, 0.2) is 18.2 Å². The number of benzene rings is 1. The molecule has 2 fully saturated rings. The minimum absolute atomic E-state index is 0.0228. The number of unbranched alkanes of at least 4 members (excludes halogenated alkanes) is 1. The molecule has 1 aromatic carbocycles. The summed E-state index contributed by atoms with van der Waals surface area (Å²) in [6, 6.07) is 4.02. The van der Waals surface area contributed by atoms with E-state index in [9.17, 15) is 19.2 Å². The highest BCUT2D eigenvalue weighted by molar-refractivity contribution is 6.38. The fourth-order valence-electron chi connectivity index (χ4n) is 5.35. The Morgan fingerprint density at radius 3 is 2.44 bits per heavy atom. The number of fused-ring (bicyclic) bond motifs is 1. The minimum atomic E-state index is -1.14. The SMILES string of the molecule is CCCC[C@H](NC(=O)C1(NC(=O)c2ccc3c(c2)OCO3)CCCCC1)C(=O)C(=O)NC1CCCC1. The van der Waals surface area contributed by atoms with E-state index in [0.717, 1.165) is 51.4 Å². The lowest BCUT2D eigenvalue weighted by molar-refractivity contribution is -0.141. The van der Waals surface area contributed by atoms with Crippen molar-refractivity contribution in [2.45, 2.75) is 102 Å². The molecular formula is C27H37N3O6. The number of amides is 3. The third-order valence-electron chi connectivity index (χ3n) is 7.51. The van der Waals surface area contributed by atoms with E-state index in [4.69, 9.17) is 9.47 Å². The first-order valence-electron chi connectivity index (χ1n) is 13.3. The molecule has 9 heteroatoms. The smallest absolute Gasteiger partial charge is 0.289 e. The van der Waals surface area contributed by atoms with Crippen LogP contribution in [0.2, 0.25) is 0 Å². The quantitative estimate of drug-likeness (QED) is 0.425. The summed E-state index contributed by atoms with van der Waals surface area (Å²) in [5.74, 6) is -0.976. The number of ketones is 1. The Labute approximate surface area is 212 Å². The maximum Gasteiger partial charge on any atom is 0.289 e.